The van der Waals surface area contributed by atoms with E-state index in [2.05, 4.69) is 5.32 Å². The number of aliphatic carboxylic acids is 4. The fourth-order valence-corrected chi connectivity index (χ4v) is 4.71. The molecule has 1 fully saturated rings. The highest BCUT2D eigenvalue weighted by Gasteiger charge is 2.28. The normalized spacial score (nSPS) is 16.9. The molecule has 19 nitrogen and oxygen atoms in total. The monoisotopic (exact) mass is 678 g/mol. The van der Waals surface area contributed by atoms with Crippen LogP contribution in [-0.2, 0) is 43.0 Å². The van der Waals surface area contributed by atoms with E-state index in [4.69, 9.17) is 19.9 Å². The van der Waals surface area contributed by atoms with Crippen LogP contribution in [-0.4, -0.2) is 200 Å². The summed E-state index contributed by atoms with van der Waals surface area (Å²) < 4.78 is 15.9. The number of primary amides is 1. The van der Waals surface area contributed by atoms with Crippen molar-refractivity contribution in [2.24, 2.45) is 5.73 Å². The number of hydrogen-bond donors (Lipinski definition) is 6. The molecule has 0 spiro atoms. The molecule has 1 saturated heterocycles. The predicted octanol–water partition coefficient (Wildman–Crippen LogP) is -3.26. The molecule has 19 heteroatoms. The minimum Gasteiger partial charge on any atom is -0.480 e. The lowest BCUT2D eigenvalue weighted by atomic mass is 10.1. The molecule has 1 atom stereocenters. The molecule has 0 saturated carbocycles. The van der Waals surface area contributed by atoms with Crippen molar-refractivity contribution >= 4 is 35.7 Å². The Morgan fingerprint density at radius 2 is 1.00 bits per heavy atom. The fourth-order valence-electron chi connectivity index (χ4n) is 4.71. The third-order valence-corrected chi connectivity index (χ3v) is 7.12. The molecule has 1 aliphatic rings. The maximum atomic E-state index is 12.5. The molecular weight excluding hydrogens is 628 g/mol. The maximum absolute atomic E-state index is 12.5. The molecule has 0 aromatic rings. The number of amides is 2. The molecule has 0 aromatic carbocycles. The number of nitrogens with two attached hydrogens (primary N) is 1. The third-order valence-electron chi connectivity index (χ3n) is 7.12. The van der Waals surface area contributed by atoms with Crippen LogP contribution in [0.5, 0.6) is 0 Å². The highest BCUT2D eigenvalue weighted by atomic mass is 16.5. The van der Waals surface area contributed by atoms with Crippen molar-refractivity contribution in [2.45, 2.75) is 25.3 Å². The van der Waals surface area contributed by atoms with Crippen molar-refractivity contribution in [1.82, 2.24) is 24.9 Å². The molecule has 47 heavy (non-hydrogen) atoms. The van der Waals surface area contributed by atoms with E-state index in [0.29, 0.717) is 19.8 Å². The van der Waals surface area contributed by atoms with Gasteiger partial charge in [-0.1, -0.05) is 0 Å². The van der Waals surface area contributed by atoms with Gasteiger partial charge in [0.05, 0.1) is 59.3 Å². The molecular formula is C28H50N6O13. The number of carbonyl (C=O) groups excluding carboxylic acids is 2. The van der Waals surface area contributed by atoms with Crippen LogP contribution in [0.3, 0.4) is 0 Å². The van der Waals surface area contributed by atoms with Crippen molar-refractivity contribution in [3.63, 3.8) is 0 Å². The van der Waals surface area contributed by atoms with Crippen LogP contribution < -0.4 is 11.1 Å². The number of rotatable bonds is 23. The number of carbonyl (C=O) groups is 6. The molecule has 270 valence electrons. The minimum absolute atomic E-state index is 0.0401. The smallest absolute Gasteiger partial charge is 0.320 e. The van der Waals surface area contributed by atoms with E-state index < -0.39 is 35.8 Å². The lowest BCUT2D eigenvalue weighted by Crippen LogP contribution is -2.52. The summed E-state index contributed by atoms with van der Waals surface area (Å²) in [6.07, 6.45) is -0.00161. The standard InChI is InChI=1S/C28H50N6O13/c29-23(35)3-13-45-15-17-47-18-16-46-14-4-30-24(36)2-1-22(28(43)44)34-11-9-32(20-26(39)40)7-5-31(19-25(37)38)6-8-33(10-12-34)21-27(41)42/h22H,1-21H2,(H2,29,35)(H,30,36)(H,37,38)(H,39,40)(H,41,42)(H,43,44). The van der Waals surface area contributed by atoms with Gasteiger partial charge in [0, 0.05) is 71.7 Å². The summed E-state index contributed by atoms with van der Waals surface area (Å²) in [5, 5.41) is 40.8. The lowest BCUT2D eigenvalue weighted by Gasteiger charge is -2.35. The van der Waals surface area contributed by atoms with Crippen LogP contribution in [0.25, 0.3) is 0 Å². The van der Waals surface area contributed by atoms with Gasteiger partial charge in [0.2, 0.25) is 11.8 Å². The predicted molar refractivity (Wildman–Crippen MR) is 164 cm³/mol. The van der Waals surface area contributed by atoms with Crippen LogP contribution in [0.1, 0.15) is 19.3 Å². The zero-order valence-electron chi connectivity index (χ0n) is 26.8. The number of carboxylic acid groups (broad SMARTS) is 4. The molecule has 7 N–H and O–H groups in total. The van der Waals surface area contributed by atoms with E-state index in [0.717, 1.165) is 0 Å². The van der Waals surface area contributed by atoms with Gasteiger partial charge in [-0.05, 0) is 6.42 Å². The Balaban J connectivity index is 2.66. The second kappa shape index (κ2) is 24.7. The zero-order chi connectivity index (χ0) is 35.0. The quantitative estimate of drug-likeness (QED) is 0.0579. The molecule has 0 radical (unpaired) electrons. The lowest BCUT2D eigenvalue weighted by molar-refractivity contribution is -0.145. The minimum atomic E-state index is -1.17. The molecule has 1 rings (SSSR count). The van der Waals surface area contributed by atoms with Gasteiger partial charge in [-0.3, -0.25) is 48.4 Å². The van der Waals surface area contributed by atoms with Crippen molar-refractivity contribution in [2.75, 3.05) is 118 Å². The SMILES string of the molecule is NC(=O)CCOCCOCCOCCNC(=O)CCC(C(=O)O)N1CCN(CC(=O)O)CCN(CC(=O)O)CCN(CC(=O)O)CC1. The van der Waals surface area contributed by atoms with E-state index in [1.54, 1.807) is 19.6 Å². The summed E-state index contributed by atoms with van der Waals surface area (Å²) >= 11 is 0. The van der Waals surface area contributed by atoms with E-state index in [9.17, 15) is 49.2 Å². The molecule has 1 aliphatic heterocycles. The highest BCUT2D eigenvalue weighted by molar-refractivity contribution is 5.78. The Hall–Kier alpha value is -3.46. The Morgan fingerprint density at radius 3 is 1.40 bits per heavy atom. The number of carboxylic acids is 4. The van der Waals surface area contributed by atoms with E-state index in [1.165, 1.54) is 0 Å². The van der Waals surface area contributed by atoms with Crippen molar-refractivity contribution in [3.8, 4) is 0 Å². The van der Waals surface area contributed by atoms with Gasteiger partial charge < -0.3 is 45.7 Å². The van der Waals surface area contributed by atoms with Crippen LogP contribution in [0.2, 0.25) is 0 Å². The Kier molecular flexibility index (Phi) is 21.8. The first-order chi connectivity index (χ1) is 22.4. The summed E-state index contributed by atoms with van der Waals surface area (Å²) in [7, 11) is 0. The number of hydrogen-bond acceptors (Lipinski definition) is 13. The van der Waals surface area contributed by atoms with Crippen LogP contribution in [0.4, 0.5) is 0 Å². The van der Waals surface area contributed by atoms with E-state index in [-0.39, 0.29) is 124 Å². The van der Waals surface area contributed by atoms with Gasteiger partial charge in [0.25, 0.3) is 0 Å². The average molecular weight is 679 g/mol. The molecule has 0 bridgehead atoms. The van der Waals surface area contributed by atoms with Gasteiger partial charge in [-0.2, -0.15) is 0 Å². The second-order valence-electron chi connectivity index (χ2n) is 10.8. The fraction of sp³-hybridized carbons (Fsp3) is 0.786. The number of ether oxygens (including phenoxy) is 3. The van der Waals surface area contributed by atoms with Gasteiger partial charge >= 0.3 is 23.9 Å². The molecule has 0 aromatic heterocycles. The highest BCUT2D eigenvalue weighted by Crippen LogP contribution is 2.11. The zero-order valence-corrected chi connectivity index (χ0v) is 26.8. The van der Waals surface area contributed by atoms with Crippen molar-refractivity contribution < 1.29 is 63.4 Å². The summed E-state index contributed by atoms with van der Waals surface area (Å²) in [6.45, 7) is 2.30. The largest absolute Gasteiger partial charge is 0.480 e. The maximum Gasteiger partial charge on any atom is 0.320 e. The van der Waals surface area contributed by atoms with Crippen molar-refractivity contribution in [1.29, 1.82) is 0 Å². The summed E-state index contributed by atoms with van der Waals surface area (Å²) in [4.78, 5) is 76.2. The molecule has 2 amide bonds. The van der Waals surface area contributed by atoms with Crippen molar-refractivity contribution in [3.05, 3.63) is 0 Å². The van der Waals surface area contributed by atoms with Crippen LogP contribution in [0.15, 0.2) is 0 Å². The van der Waals surface area contributed by atoms with E-state index in [1.807, 2.05) is 0 Å². The van der Waals surface area contributed by atoms with Gasteiger partial charge in [0.15, 0.2) is 0 Å². The Labute approximate surface area is 273 Å². The summed E-state index contributed by atoms with van der Waals surface area (Å²) in [5.74, 6) is -5.24. The van der Waals surface area contributed by atoms with Gasteiger partial charge in [-0.25, -0.2) is 0 Å². The topological polar surface area (TPSA) is 262 Å². The average Bonchev–Trinajstić information content (AvgIpc) is 2.97. The first kappa shape index (κ1) is 41.6. The van der Waals surface area contributed by atoms with Gasteiger partial charge in [0.1, 0.15) is 6.04 Å². The molecule has 1 heterocycles. The second-order valence-corrected chi connectivity index (χ2v) is 10.8. The van der Waals surface area contributed by atoms with Crippen LogP contribution in [0, 0.1) is 0 Å². The van der Waals surface area contributed by atoms with Crippen LogP contribution >= 0.6 is 0 Å². The number of nitrogens with zero attached hydrogens (tertiary/aromatic N) is 4. The first-order valence-electron chi connectivity index (χ1n) is 15.4. The Morgan fingerprint density at radius 1 is 0.596 bits per heavy atom. The molecule has 1 unspecified atom stereocenters. The third kappa shape index (κ3) is 21.9. The number of nitrogens with one attached hydrogen (secondary N) is 1. The summed E-state index contributed by atoms with van der Waals surface area (Å²) in [6, 6.07) is -1.10. The van der Waals surface area contributed by atoms with Gasteiger partial charge in [-0.15, -0.1) is 0 Å². The first-order valence-corrected chi connectivity index (χ1v) is 15.4. The Bertz CT molecular complexity index is 957. The molecule has 0 aliphatic carbocycles. The summed E-state index contributed by atoms with van der Waals surface area (Å²) in [5.41, 5.74) is 5.01. The van der Waals surface area contributed by atoms with E-state index >= 15 is 0 Å².